The van der Waals surface area contributed by atoms with Crippen molar-refractivity contribution in [1.82, 2.24) is 0 Å². The second kappa shape index (κ2) is 5.38. The highest BCUT2D eigenvalue weighted by Crippen LogP contribution is 2.21. The van der Waals surface area contributed by atoms with Crippen LogP contribution in [0.4, 0.5) is 12.3 Å². The summed E-state index contributed by atoms with van der Waals surface area (Å²) in [4.78, 5) is 11.0. The van der Waals surface area contributed by atoms with Crippen molar-refractivity contribution in [3.05, 3.63) is 0 Å². The van der Waals surface area contributed by atoms with Crippen LogP contribution in [0.1, 0.15) is 20.8 Å². The summed E-state index contributed by atoms with van der Waals surface area (Å²) in [5.41, 5.74) is 0. The summed E-state index contributed by atoms with van der Waals surface area (Å²) in [5, 5.41) is 0. The van der Waals surface area contributed by atoms with E-state index in [1.54, 1.807) is 0 Å². The summed E-state index contributed by atoms with van der Waals surface area (Å²) < 4.78 is 40.7. The smallest absolute Gasteiger partial charge is 0.465 e. The fraction of sp³-hybridized carbons (Fsp3) is 0.875. The van der Waals surface area contributed by atoms with Gasteiger partial charge in [0.25, 0.3) is 0 Å². The molecule has 0 aliphatic rings. The Balaban J connectivity index is 3.88. The number of ether oxygens (including phenoxy) is 1. The predicted molar refractivity (Wildman–Crippen MR) is 48.8 cm³/mol. The molecular formula is C8H15F3O2Si. The zero-order chi connectivity index (χ0) is 11.4. The first-order chi connectivity index (χ1) is 6.22. The highest BCUT2D eigenvalue weighted by molar-refractivity contribution is 6.58. The first kappa shape index (κ1) is 13.5. The zero-order valence-electron chi connectivity index (χ0n) is 8.52. The Morgan fingerprint density at radius 3 is 2.14 bits per heavy atom. The first-order valence-electron chi connectivity index (χ1n) is 4.45. The van der Waals surface area contributed by atoms with Crippen LogP contribution >= 0.6 is 0 Å². The van der Waals surface area contributed by atoms with Gasteiger partial charge in [0.1, 0.15) is 0 Å². The van der Waals surface area contributed by atoms with Crippen LogP contribution in [-0.2, 0) is 9.53 Å². The van der Waals surface area contributed by atoms with Crippen LogP contribution in [0.25, 0.3) is 0 Å². The van der Waals surface area contributed by atoms with Crippen LogP contribution in [-0.4, -0.2) is 21.7 Å². The van der Waals surface area contributed by atoms with Gasteiger partial charge in [0.05, 0.1) is 12.5 Å². The van der Waals surface area contributed by atoms with Gasteiger partial charge in [-0.2, -0.15) is 0 Å². The molecule has 0 N–H and O–H groups in total. The van der Waals surface area contributed by atoms with E-state index in [1.807, 2.05) is 13.8 Å². The second-order valence-corrected chi connectivity index (χ2v) is 5.38. The Morgan fingerprint density at radius 1 is 1.29 bits per heavy atom. The van der Waals surface area contributed by atoms with Gasteiger partial charge in [0, 0.05) is 6.04 Å². The summed E-state index contributed by atoms with van der Waals surface area (Å²) >= 11 is 0. The van der Waals surface area contributed by atoms with E-state index in [2.05, 4.69) is 0 Å². The lowest BCUT2D eigenvalue weighted by Crippen LogP contribution is -2.25. The molecule has 0 bridgehead atoms. The largest absolute Gasteiger partial charge is 0.616 e. The van der Waals surface area contributed by atoms with Crippen LogP contribution in [0.2, 0.25) is 6.04 Å². The number of carbonyl (C=O) groups is 1. The van der Waals surface area contributed by atoms with Gasteiger partial charge in [-0.1, -0.05) is 20.8 Å². The van der Waals surface area contributed by atoms with Gasteiger partial charge in [-0.25, -0.2) is 12.3 Å². The lowest BCUT2D eigenvalue weighted by atomic mass is 10.2. The molecule has 84 valence electrons. The summed E-state index contributed by atoms with van der Waals surface area (Å²) in [7, 11) is -5.64. The van der Waals surface area contributed by atoms with Crippen molar-refractivity contribution in [1.29, 1.82) is 0 Å². The third-order valence-corrected chi connectivity index (χ3v) is 2.57. The van der Waals surface area contributed by atoms with Gasteiger partial charge in [-0.15, -0.1) is 0 Å². The quantitative estimate of drug-likeness (QED) is 0.411. The average Bonchev–Trinajstić information content (AvgIpc) is 1.96. The molecule has 0 aromatic rings. The monoisotopic (exact) mass is 228 g/mol. The van der Waals surface area contributed by atoms with E-state index in [0.29, 0.717) is 0 Å². The summed E-state index contributed by atoms with van der Waals surface area (Å²) in [6.07, 6.45) is 0. The minimum Gasteiger partial charge on any atom is -0.465 e. The maximum absolute atomic E-state index is 12.0. The van der Waals surface area contributed by atoms with E-state index in [1.165, 1.54) is 6.92 Å². The van der Waals surface area contributed by atoms with E-state index in [9.17, 15) is 17.1 Å². The molecule has 0 saturated carbocycles. The Morgan fingerprint density at radius 2 is 1.79 bits per heavy atom. The molecule has 0 aromatic heterocycles. The molecule has 6 heteroatoms. The number of carbonyl (C=O) groups excluding carboxylic acids is 1. The van der Waals surface area contributed by atoms with Crippen LogP contribution in [0.15, 0.2) is 0 Å². The van der Waals surface area contributed by atoms with Gasteiger partial charge in [-0.3, -0.25) is 4.79 Å². The van der Waals surface area contributed by atoms with Crippen molar-refractivity contribution in [2.75, 3.05) is 6.61 Å². The molecule has 2 nitrogen and oxygen atoms in total. The van der Waals surface area contributed by atoms with Gasteiger partial charge in [0.15, 0.2) is 0 Å². The van der Waals surface area contributed by atoms with Crippen molar-refractivity contribution in [2.24, 2.45) is 11.8 Å². The number of hydrogen-bond donors (Lipinski definition) is 0. The predicted octanol–water partition coefficient (Wildman–Crippen LogP) is 2.67. The number of halogens is 3. The van der Waals surface area contributed by atoms with E-state index in [-0.39, 0.29) is 12.5 Å². The van der Waals surface area contributed by atoms with Crippen molar-refractivity contribution >= 4 is 15.0 Å². The van der Waals surface area contributed by atoms with E-state index < -0.39 is 27.0 Å². The lowest BCUT2D eigenvalue weighted by Gasteiger charge is -2.12. The number of esters is 1. The van der Waals surface area contributed by atoms with Crippen molar-refractivity contribution < 1.29 is 21.9 Å². The Kier molecular flexibility index (Phi) is 5.18. The molecule has 0 aliphatic carbocycles. The van der Waals surface area contributed by atoms with E-state index >= 15 is 0 Å². The van der Waals surface area contributed by atoms with Gasteiger partial charge < -0.3 is 4.74 Å². The summed E-state index contributed by atoms with van der Waals surface area (Å²) in [6.45, 7) is 5.10. The Hall–Kier alpha value is -0.523. The fourth-order valence-corrected chi connectivity index (χ4v) is 1.68. The van der Waals surface area contributed by atoms with E-state index in [0.717, 1.165) is 0 Å². The minimum absolute atomic E-state index is 0.147. The molecule has 0 aromatic carbocycles. The Bertz CT molecular complexity index is 192. The standard InChI is InChI=1S/C8H15F3O2Si/c1-6(2)4-13-8(12)7(3)5-14(9,10)11/h6-7H,4-5H2,1-3H3. The van der Waals surface area contributed by atoms with Gasteiger partial charge in [0.2, 0.25) is 0 Å². The van der Waals surface area contributed by atoms with Crippen LogP contribution in [0, 0.1) is 11.8 Å². The summed E-state index contributed by atoms with van der Waals surface area (Å²) in [6, 6.07) is -0.982. The average molecular weight is 228 g/mol. The SMILES string of the molecule is CC(C)COC(=O)C(C)C[Si](F)(F)F. The molecule has 1 atom stereocenters. The third-order valence-electron chi connectivity index (χ3n) is 1.50. The van der Waals surface area contributed by atoms with Crippen molar-refractivity contribution in [3.63, 3.8) is 0 Å². The highest BCUT2D eigenvalue weighted by atomic mass is 28.5. The Labute approximate surface area is 83.0 Å². The van der Waals surface area contributed by atoms with Crippen LogP contribution in [0.3, 0.4) is 0 Å². The van der Waals surface area contributed by atoms with Crippen molar-refractivity contribution in [3.8, 4) is 0 Å². The highest BCUT2D eigenvalue weighted by Gasteiger charge is 2.40. The molecule has 0 radical (unpaired) electrons. The molecule has 0 rings (SSSR count). The molecule has 0 heterocycles. The number of rotatable bonds is 5. The topological polar surface area (TPSA) is 26.3 Å². The van der Waals surface area contributed by atoms with E-state index in [4.69, 9.17) is 4.74 Å². The molecule has 0 aliphatic heterocycles. The second-order valence-electron chi connectivity index (χ2n) is 3.74. The zero-order valence-corrected chi connectivity index (χ0v) is 9.52. The van der Waals surface area contributed by atoms with Gasteiger partial charge in [-0.05, 0) is 5.92 Å². The fourth-order valence-electron chi connectivity index (χ4n) is 0.822. The molecule has 0 spiro atoms. The molecule has 14 heavy (non-hydrogen) atoms. The number of hydrogen-bond acceptors (Lipinski definition) is 2. The molecule has 1 unspecified atom stereocenters. The molecule has 0 fully saturated rings. The maximum atomic E-state index is 12.0. The maximum Gasteiger partial charge on any atom is 0.616 e. The summed E-state index contributed by atoms with van der Waals surface area (Å²) in [5.74, 6) is -1.65. The van der Waals surface area contributed by atoms with Crippen molar-refractivity contribution in [2.45, 2.75) is 26.8 Å². The van der Waals surface area contributed by atoms with Crippen LogP contribution < -0.4 is 0 Å². The minimum atomic E-state index is -5.64. The molecular weight excluding hydrogens is 213 g/mol. The molecule has 0 amide bonds. The third kappa shape index (κ3) is 6.94. The first-order valence-corrected chi connectivity index (χ1v) is 6.30. The lowest BCUT2D eigenvalue weighted by molar-refractivity contribution is -0.148. The van der Waals surface area contributed by atoms with Crippen LogP contribution in [0.5, 0.6) is 0 Å². The normalized spacial score (nSPS) is 14.2. The molecule has 0 saturated heterocycles. The van der Waals surface area contributed by atoms with Gasteiger partial charge >= 0.3 is 15.0 Å².